The van der Waals surface area contributed by atoms with Crippen LogP contribution >= 0.6 is 0 Å². The van der Waals surface area contributed by atoms with E-state index in [1.807, 2.05) is 85.0 Å². The summed E-state index contributed by atoms with van der Waals surface area (Å²) in [4.78, 5) is 22.5. The van der Waals surface area contributed by atoms with Crippen LogP contribution in [-0.4, -0.2) is 18.6 Å². The standard InChI is InChI=1S/C10H13NO.C9H11NO.C3H8.2C2H6/c1-3-10(12)8-6-4-5-7-9(8)11-2;1-2-9(11)7-5-3-4-6-8(7)10;1-3-2;2*1-2/h4-7,11H,3H2,1-2H3;3-6H,2,10H2,1H3;3H2,1-2H3;2*1-2H3. The normalized spacial score (nSPS) is 8.30. The molecule has 30 heavy (non-hydrogen) atoms. The Bertz CT molecular complexity index is 682. The maximum Gasteiger partial charge on any atom is 0.164 e. The lowest BCUT2D eigenvalue weighted by Crippen LogP contribution is -2.01. The van der Waals surface area contributed by atoms with Crippen LogP contribution in [0.25, 0.3) is 0 Å². The molecule has 3 N–H and O–H groups in total. The minimum Gasteiger partial charge on any atom is -0.398 e. The first kappa shape index (κ1) is 32.1. The highest BCUT2D eigenvalue weighted by Gasteiger charge is 2.06. The second-order valence-electron chi connectivity index (χ2n) is 5.64. The molecule has 4 nitrogen and oxygen atoms in total. The van der Waals surface area contributed by atoms with E-state index in [1.54, 1.807) is 12.1 Å². The van der Waals surface area contributed by atoms with E-state index >= 15 is 0 Å². The maximum atomic E-state index is 11.4. The number of Topliss-reactive ketones (excluding diaryl/α,β-unsaturated/α-hetero) is 2. The number of rotatable bonds is 5. The van der Waals surface area contributed by atoms with E-state index < -0.39 is 0 Å². The first-order valence-electron chi connectivity index (χ1n) is 11.1. The summed E-state index contributed by atoms with van der Waals surface area (Å²) in [5, 5.41) is 2.99. The van der Waals surface area contributed by atoms with Crippen LogP contribution in [0.5, 0.6) is 0 Å². The first-order chi connectivity index (χ1) is 14.5. The lowest BCUT2D eigenvalue weighted by molar-refractivity contribution is 0.0981. The molecule has 0 saturated carbocycles. The molecule has 2 aromatic rings. The van der Waals surface area contributed by atoms with Crippen molar-refractivity contribution in [3.05, 3.63) is 59.7 Å². The molecular formula is C26H44N2O2. The third-order valence-electron chi connectivity index (χ3n) is 3.40. The number of carbonyl (C=O) groups is 2. The SMILES string of the molecule is CC.CC.CCC.CCC(=O)c1ccccc1N.CCC(=O)c1ccccc1NC. The summed E-state index contributed by atoms with van der Waals surface area (Å²) in [6.07, 6.45) is 2.31. The van der Waals surface area contributed by atoms with Gasteiger partial charge in [0.2, 0.25) is 0 Å². The molecule has 0 saturated heterocycles. The number of para-hydroxylation sites is 2. The van der Waals surface area contributed by atoms with Crippen molar-refractivity contribution in [2.24, 2.45) is 0 Å². The molecule has 0 fully saturated rings. The molecule has 0 aliphatic heterocycles. The topological polar surface area (TPSA) is 72.2 Å². The average molecular weight is 417 g/mol. The smallest absolute Gasteiger partial charge is 0.164 e. The zero-order valence-electron chi connectivity index (χ0n) is 20.6. The zero-order valence-corrected chi connectivity index (χ0v) is 20.6. The molecule has 170 valence electrons. The van der Waals surface area contributed by atoms with Crippen LogP contribution in [0, 0.1) is 0 Å². The summed E-state index contributed by atoms with van der Waals surface area (Å²) in [5.41, 5.74) is 8.47. The van der Waals surface area contributed by atoms with Crippen LogP contribution in [0.1, 0.15) is 95.4 Å². The summed E-state index contributed by atoms with van der Waals surface area (Å²) in [6.45, 7) is 15.9. The predicted molar refractivity (Wildman–Crippen MR) is 135 cm³/mol. The fourth-order valence-electron chi connectivity index (χ4n) is 2.08. The van der Waals surface area contributed by atoms with Gasteiger partial charge in [0, 0.05) is 42.4 Å². The second kappa shape index (κ2) is 22.7. The van der Waals surface area contributed by atoms with Gasteiger partial charge in [0.25, 0.3) is 0 Å². The number of nitrogens with one attached hydrogen (secondary N) is 1. The molecule has 4 heteroatoms. The molecule has 0 aliphatic rings. The third-order valence-corrected chi connectivity index (χ3v) is 3.40. The molecule has 0 radical (unpaired) electrons. The van der Waals surface area contributed by atoms with Gasteiger partial charge in [-0.15, -0.1) is 0 Å². The molecule has 0 aromatic heterocycles. The number of hydrogen-bond acceptors (Lipinski definition) is 4. The van der Waals surface area contributed by atoms with Crippen molar-refractivity contribution < 1.29 is 9.59 Å². The Morgan fingerprint density at radius 1 is 0.733 bits per heavy atom. The highest BCUT2D eigenvalue weighted by molar-refractivity contribution is 6.01. The molecule has 0 atom stereocenters. The van der Waals surface area contributed by atoms with Crippen molar-refractivity contribution >= 4 is 22.9 Å². The number of nitrogens with two attached hydrogens (primary N) is 1. The number of anilines is 2. The van der Waals surface area contributed by atoms with E-state index in [1.165, 1.54) is 6.42 Å². The Balaban J connectivity index is -0.000000376. The summed E-state index contributed by atoms with van der Waals surface area (Å²) in [7, 11) is 1.82. The molecule has 0 unspecified atom stereocenters. The molecule has 2 aromatic carbocycles. The lowest BCUT2D eigenvalue weighted by Gasteiger charge is -2.05. The van der Waals surface area contributed by atoms with Crippen LogP contribution in [0.3, 0.4) is 0 Å². The van der Waals surface area contributed by atoms with Crippen LogP contribution in [0.4, 0.5) is 11.4 Å². The van der Waals surface area contributed by atoms with Gasteiger partial charge in [0.1, 0.15) is 0 Å². The Morgan fingerprint density at radius 3 is 1.50 bits per heavy atom. The van der Waals surface area contributed by atoms with E-state index in [-0.39, 0.29) is 11.6 Å². The zero-order chi connectivity index (χ0) is 23.9. The van der Waals surface area contributed by atoms with E-state index in [9.17, 15) is 9.59 Å². The van der Waals surface area contributed by atoms with Gasteiger partial charge < -0.3 is 11.1 Å². The number of benzene rings is 2. The number of hydrogen-bond donors (Lipinski definition) is 2. The third kappa shape index (κ3) is 13.5. The molecule has 0 bridgehead atoms. The van der Waals surface area contributed by atoms with Gasteiger partial charge >= 0.3 is 0 Å². The van der Waals surface area contributed by atoms with Crippen molar-refractivity contribution in [1.82, 2.24) is 0 Å². The highest BCUT2D eigenvalue weighted by atomic mass is 16.1. The minimum atomic E-state index is 0.100. The van der Waals surface area contributed by atoms with Crippen LogP contribution in [0.2, 0.25) is 0 Å². The Morgan fingerprint density at radius 2 is 1.10 bits per heavy atom. The summed E-state index contributed by atoms with van der Waals surface area (Å²) in [5.74, 6) is 0.281. The van der Waals surface area contributed by atoms with Crippen LogP contribution in [-0.2, 0) is 0 Å². The van der Waals surface area contributed by atoms with Crippen LogP contribution in [0.15, 0.2) is 48.5 Å². The van der Waals surface area contributed by atoms with Crippen molar-refractivity contribution in [2.75, 3.05) is 18.1 Å². The largest absolute Gasteiger partial charge is 0.398 e. The maximum absolute atomic E-state index is 11.4. The fourth-order valence-corrected chi connectivity index (χ4v) is 2.08. The molecule has 0 spiro atoms. The summed E-state index contributed by atoms with van der Waals surface area (Å²) in [6, 6.07) is 14.7. The molecular weight excluding hydrogens is 372 g/mol. The van der Waals surface area contributed by atoms with Gasteiger partial charge in [-0.05, 0) is 24.3 Å². The molecule has 0 heterocycles. The van der Waals surface area contributed by atoms with Gasteiger partial charge in [0.15, 0.2) is 11.6 Å². The Hall–Kier alpha value is -2.62. The number of carbonyl (C=O) groups excluding carboxylic acids is 2. The molecule has 0 aliphatic carbocycles. The summed E-state index contributed by atoms with van der Waals surface area (Å²) >= 11 is 0. The van der Waals surface area contributed by atoms with Gasteiger partial charge in [-0.3, -0.25) is 9.59 Å². The Kier molecular flexibility index (Phi) is 24.2. The van der Waals surface area contributed by atoms with Crippen molar-refractivity contribution in [3.8, 4) is 0 Å². The lowest BCUT2D eigenvalue weighted by atomic mass is 10.1. The van der Waals surface area contributed by atoms with Gasteiger partial charge in [-0.25, -0.2) is 0 Å². The molecule has 2 rings (SSSR count). The fraction of sp³-hybridized carbons (Fsp3) is 0.462. The van der Waals surface area contributed by atoms with E-state index in [0.29, 0.717) is 24.1 Å². The van der Waals surface area contributed by atoms with E-state index in [2.05, 4.69) is 19.2 Å². The van der Waals surface area contributed by atoms with Crippen molar-refractivity contribution in [1.29, 1.82) is 0 Å². The van der Waals surface area contributed by atoms with Crippen molar-refractivity contribution in [2.45, 2.75) is 74.7 Å². The second-order valence-corrected chi connectivity index (χ2v) is 5.64. The quantitative estimate of drug-likeness (QED) is 0.388. The highest BCUT2D eigenvalue weighted by Crippen LogP contribution is 2.15. The van der Waals surface area contributed by atoms with Gasteiger partial charge in [-0.1, -0.05) is 86.1 Å². The van der Waals surface area contributed by atoms with Crippen molar-refractivity contribution in [3.63, 3.8) is 0 Å². The molecule has 0 amide bonds. The monoisotopic (exact) mass is 416 g/mol. The van der Waals surface area contributed by atoms with Gasteiger partial charge in [0.05, 0.1) is 0 Å². The number of ketones is 2. The number of nitrogen functional groups attached to an aromatic ring is 1. The van der Waals surface area contributed by atoms with Gasteiger partial charge in [-0.2, -0.15) is 0 Å². The summed E-state index contributed by atoms with van der Waals surface area (Å²) < 4.78 is 0. The minimum absolute atomic E-state index is 0.100. The van der Waals surface area contributed by atoms with E-state index in [0.717, 1.165) is 11.3 Å². The predicted octanol–water partition coefficient (Wildman–Crippen LogP) is 7.65. The van der Waals surface area contributed by atoms with E-state index in [4.69, 9.17) is 5.73 Å². The average Bonchev–Trinajstić information content (AvgIpc) is 2.82. The first-order valence-corrected chi connectivity index (χ1v) is 11.1. The Labute approximate surface area is 185 Å². The van der Waals surface area contributed by atoms with Crippen LogP contribution < -0.4 is 11.1 Å².